The molecule has 4 nitrogen and oxygen atoms in total. The number of nitriles is 1. The van der Waals surface area contributed by atoms with E-state index in [2.05, 4.69) is 13.2 Å². The lowest BCUT2D eigenvalue weighted by Crippen LogP contribution is -2.09. The van der Waals surface area contributed by atoms with Crippen molar-refractivity contribution in [3.05, 3.63) is 84.5 Å². The highest BCUT2D eigenvalue weighted by molar-refractivity contribution is 5.91. The molecule has 2 aromatic rings. The van der Waals surface area contributed by atoms with Gasteiger partial charge in [-0.1, -0.05) is 30.9 Å². The fraction of sp³-hybridized carbons (Fsp3) is 0.100. The van der Waals surface area contributed by atoms with E-state index in [1.807, 2.05) is 18.2 Å². The monoisotopic (exact) mass is 319 g/mol. The van der Waals surface area contributed by atoms with Crippen molar-refractivity contribution < 1.29 is 14.3 Å². The van der Waals surface area contributed by atoms with Gasteiger partial charge in [0.1, 0.15) is 24.2 Å². The maximum atomic E-state index is 12.2. The molecule has 0 aliphatic carbocycles. The Morgan fingerprint density at radius 2 is 1.88 bits per heavy atom. The first-order valence-electron chi connectivity index (χ1n) is 7.37. The molecular formula is C20H17NO3. The largest absolute Gasteiger partial charge is 0.488 e. The Balaban J connectivity index is 2.13. The predicted octanol–water partition coefficient (Wildman–Crippen LogP) is 4.07. The summed E-state index contributed by atoms with van der Waals surface area (Å²) in [5.74, 6) is 0.319. The highest BCUT2D eigenvalue weighted by atomic mass is 16.5. The van der Waals surface area contributed by atoms with Crippen molar-refractivity contribution >= 4 is 5.97 Å². The Morgan fingerprint density at radius 3 is 2.50 bits per heavy atom. The summed E-state index contributed by atoms with van der Waals surface area (Å²) in [7, 11) is 0. The lowest BCUT2D eigenvalue weighted by Gasteiger charge is -2.08. The Kier molecular flexibility index (Phi) is 5.93. The summed E-state index contributed by atoms with van der Waals surface area (Å²) in [4.78, 5) is 12.2. The van der Waals surface area contributed by atoms with E-state index < -0.39 is 5.97 Å². The van der Waals surface area contributed by atoms with E-state index in [-0.39, 0.29) is 17.7 Å². The van der Waals surface area contributed by atoms with Gasteiger partial charge < -0.3 is 9.47 Å². The van der Waals surface area contributed by atoms with Crippen LogP contribution in [0.3, 0.4) is 0 Å². The summed E-state index contributed by atoms with van der Waals surface area (Å²) in [6.45, 7) is 7.52. The molecular weight excluding hydrogens is 302 g/mol. The normalized spacial score (nSPS) is 9.62. The maximum Gasteiger partial charge on any atom is 0.343 e. The van der Waals surface area contributed by atoms with Gasteiger partial charge in [-0.2, -0.15) is 5.26 Å². The van der Waals surface area contributed by atoms with Gasteiger partial charge in [0, 0.05) is 0 Å². The molecule has 0 saturated heterocycles. The third-order valence-electron chi connectivity index (χ3n) is 3.21. The summed E-state index contributed by atoms with van der Waals surface area (Å²) in [6, 6.07) is 13.8. The van der Waals surface area contributed by atoms with Gasteiger partial charge in [0.05, 0.1) is 11.1 Å². The zero-order valence-electron chi connectivity index (χ0n) is 13.2. The standard InChI is InChI=1S/C20H17NO3/c1-3-5-15-6-9-18(10-7-15)24-20(22)16-8-11-19(23-12-4-2)17(13-16)14-21/h3-4,6-11,13H,1-2,5,12H2. The zero-order valence-corrected chi connectivity index (χ0v) is 13.2. The van der Waals surface area contributed by atoms with Crippen molar-refractivity contribution in [3.63, 3.8) is 0 Å². The Morgan fingerprint density at radius 1 is 1.12 bits per heavy atom. The second-order valence-corrected chi connectivity index (χ2v) is 4.95. The average molecular weight is 319 g/mol. The molecule has 0 unspecified atom stereocenters. The van der Waals surface area contributed by atoms with Crippen molar-refractivity contribution in [2.24, 2.45) is 0 Å². The number of rotatable bonds is 7. The van der Waals surface area contributed by atoms with E-state index in [4.69, 9.17) is 9.47 Å². The molecule has 0 spiro atoms. The van der Waals surface area contributed by atoms with Crippen molar-refractivity contribution in [3.8, 4) is 17.6 Å². The minimum absolute atomic E-state index is 0.271. The van der Waals surface area contributed by atoms with Crippen LogP contribution in [0, 0.1) is 11.3 Å². The average Bonchev–Trinajstić information content (AvgIpc) is 2.61. The quantitative estimate of drug-likeness (QED) is 0.438. The molecule has 0 saturated carbocycles. The number of carbonyl (C=O) groups excluding carboxylic acids is 1. The van der Waals surface area contributed by atoms with Crippen LogP contribution >= 0.6 is 0 Å². The number of nitrogens with zero attached hydrogens (tertiary/aromatic N) is 1. The zero-order chi connectivity index (χ0) is 17.4. The molecule has 2 aromatic carbocycles. The highest BCUT2D eigenvalue weighted by Crippen LogP contribution is 2.21. The summed E-state index contributed by atoms with van der Waals surface area (Å²) in [6.07, 6.45) is 4.14. The molecule has 0 aliphatic rings. The summed E-state index contributed by atoms with van der Waals surface area (Å²) < 4.78 is 10.7. The molecule has 120 valence electrons. The van der Waals surface area contributed by atoms with Gasteiger partial charge in [0.2, 0.25) is 0 Å². The van der Waals surface area contributed by atoms with Gasteiger partial charge in [-0.05, 0) is 42.3 Å². The van der Waals surface area contributed by atoms with Crippen LogP contribution in [-0.2, 0) is 6.42 Å². The van der Waals surface area contributed by atoms with Crippen molar-refractivity contribution in [2.45, 2.75) is 6.42 Å². The van der Waals surface area contributed by atoms with Crippen LogP contribution in [0.25, 0.3) is 0 Å². The van der Waals surface area contributed by atoms with Crippen LogP contribution in [-0.4, -0.2) is 12.6 Å². The number of esters is 1. The minimum Gasteiger partial charge on any atom is -0.488 e. The van der Waals surface area contributed by atoms with Crippen LogP contribution in [0.15, 0.2) is 67.8 Å². The second kappa shape index (κ2) is 8.35. The Labute approximate surface area is 141 Å². The third kappa shape index (κ3) is 4.34. The molecule has 0 heterocycles. The van der Waals surface area contributed by atoms with Gasteiger partial charge in [-0.25, -0.2) is 4.79 Å². The van der Waals surface area contributed by atoms with Crippen LogP contribution in [0.4, 0.5) is 0 Å². The number of ether oxygens (including phenoxy) is 2. The first-order valence-corrected chi connectivity index (χ1v) is 7.37. The first kappa shape index (κ1) is 17.0. The molecule has 0 N–H and O–H groups in total. The van der Waals surface area contributed by atoms with Gasteiger partial charge in [0.25, 0.3) is 0 Å². The number of allylic oxidation sites excluding steroid dienone is 1. The van der Waals surface area contributed by atoms with E-state index in [9.17, 15) is 10.1 Å². The smallest absolute Gasteiger partial charge is 0.343 e. The molecule has 0 aromatic heterocycles. The van der Waals surface area contributed by atoms with Gasteiger partial charge in [0.15, 0.2) is 0 Å². The number of carbonyl (C=O) groups is 1. The second-order valence-electron chi connectivity index (χ2n) is 4.95. The molecule has 0 aliphatic heterocycles. The van der Waals surface area contributed by atoms with E-state index >= 15 is 0 Å². The lowest BCUT2D eigenvalue weighted by molar-refractivity contribution is 0.0734. The van der Waals surface area contributed by atoms with E-state index in [0.717, 1.165) is 12.0 Å². The topological polar surface area (TPSA) is 59.3 Å². The van der Waals surface area contributed by atoms with Crippen molar-refractivity contribution in [2.75, 3.05) is 6.61 Å². The van der Waals surface area contributed by atoms with Crippen LogP contribution < -0.4 is 9.47 Å². The Bertz CT molecular complexity index is 786. The molecule has 4 heteroatoms. The summed E-state index contributed by atoms with van der Waals surface area (Å²) in [5.41, 5.74) is 1.64. The van der Waals surface area contributed by atoms with Crippen LogP contribution in [0.5, 0.6) is 11.5 Å². The number of benzene rings is 2. The van der Waals surface area contributed by atoms with Crippen molar-refractivity contribution in [1.29, 1.82) is 5.26 Å². The molecule has 0 atom stereocenters. The minimum atomic E-state index is -0.529. The van der Waals surface area contributed by atoms with Gasteiger partial charge in [-0.3, -0.25) is 0 Å². The van der Waals surface area contributed by atoms with E-state index in [1.54, 1.807) is 36.4 Å². The molecule has 0 bridgehead atoms. The highest BCUT2D eigenvalue weighted by Gasteiger charge is 2.12. The maximum absolute atomic E-state index is 12.2. The molecule has 0 fully saturated rings. The summed E-state index contributed by atoms with van der Waals surface area (Å²) in [5, 5.41) is 9.18. The SMILES string of the molecule is C=CCOc1ccc(C(=O)Oc2ccc(CC=C)cc2)cc1C#N. The predicted molar refractivity (Wildman–Crippen MR) is 92.2 cm³/mol. The van der Waals surface area contributed by atoms with Crippen LogP contribution in [0.2, 0.25) is 0 Å². The fourth-order valence-corrected chi connectivity index (χ4v) is 2.05. The number of hydrogen-bond acceptors (Lipinski definition) is 4. The van der Waals surface area contributed by atoms with E-state index in [1.165, 1.54) is 6.07 Å². The lowest BCUT2D eigenvalue weighted by atomic mass is 10.1. The summed E-state index contributed by atoms with van der Waals surface area (Å²) >= 11 is 0. The third-order valence-corrected chi connectivity index (χ3v) is 3.21. The molecule has 0 amide bonds. The molecule has 24 heavy (non-hydrogen) atoms. The van der Waals surface area contributed by atoms with Crippen molar-refractivity contribution in [1.82, 2.24) is 0 Å². The number of hydrogen-bond donors (Lipinski definition) is 0. The van der Waals surface area contributed by atoms with Crippen LogP contribution in [0.1, 0.15) is 21.5 Å². The van der Waals surface area contributed by atoms with Gasteiger partial charge >= 0.3 is 5.97 Å². The Hall–Kier alpha value is -3.32. The van der Waals surface area contributed by atoms with Gasteiger partial charge in [-0.15, -0.1) is 6.58 Å². The molecule has 2 rings (SSSR count). The fourth-order valence-electron chi connectivity index (χ4n) is 2.05. The van der Waals surface area contributed by atoms with E-state index in [0.29, 0.717) is 11.5 Å². The molecule has 0 radical (unpaired) electrons. The first-order chi connectivity index (χ1) is 11.7.